The van der Waals surface area contributed by atoms with E-state index in [0.29, 0.717) is 0 Å². The number of hydrogen-bond acceptors (Lipinski definition) is 3. The second-order valence-electron chi connectivity index (χ2n) is 9.79. The van der Waals surface area contributed by atoms with Gasteiger partial charge in [0.15, 0.2) is 0 Å². The van der Waals surface area contributed by atoms with Gasteiger partial charge >= 0.3 is 0 Å². The lowest BCUT2D eigenvalue weighted by atomic mass is 9.65. The fourth-order valence-electron chi connectivity index (χ4n) is 5.58. The summed E-state index contributed by atoms with van der Waals surface area (Å²) in [7, 11) is 0. The molecule has 2 heterocycles. The van der Waals surface area contributed by atoms with Gasteiger partial charge in [-0.3, -0.25) is 0 Å². The Hall–Kier alpha value is -3.22. The van der Waals surface area contributed by atoms with Gasteiger partial charge in [-0.05, 0) is 98.3 Å². The van der Waals surface area contributed by atoms with Gasteiger partial charge in [-0.2, -0.15) is 5.10 Å². The summed E-state index contributed by atoms with van der Waals surface area (Å²) in [5, 5.41) is 4.87. The van der Waals surface area contributed by atoms with E-state index in [-0.39, 0.29) is 17.0 Å². The van der Waals surface area contributed by atoms with Crippen molar-refractivity contribution in [3.05, 3.63) is 119 Å². The smallest absolute Gasteiger partial charge is 0.123 e. The largest absolute Gasteiger partial charge is 0.245 e. The highest BCUT2D eigenvalue weighted by atomic mass is 32.2. The highest BCUT2D eigenvalue weighted by Gasteiger charge is 2.44. The van der Waals surface area contributed by atoms with E-state index >= 15 is 0 Å². The maximum atomic E-state index is 13.7. The van der Waals surface area contributed by atoms with Crippen molar-refractivity contribution in [2.75, 3.05) is 13.1 Å². The van der Waals surface area contributed by atoms with Crippen LogP contribution >= 0.6 is 11.9 Å². The second kappa shape index (κ2) is 9.34. The Bertz CT molecular complexity index is 1410. The summed E-state index contributed by atoms with van der Waals surface area (Å²) in [5.74, 6) is -0.462. The molecular formula is C30H27F2N3S. The lowest BCUT2D eigenvalue weighted by Gasteiger charge is -2.46. The van der Waals surface area contributed by atoms with Crippen LogP contribution in [0.5, 0.6) is 0 Å². The van der Waals surface area contributed by atoms with E-state index in [1.807, 2.05) is 34.8 Å². The van der Waals surface area contributed by atoms with Gasteiger partial charge in [-0.25, -0.2) is 17.8 Å². The molecule has 1 aromatic heterocycles. The number of benzene rings is 3. The highest BCUT2D eigenvalue weighted by Crippen LogP contribution is 2.48. The maximum absolute atomic E-state index is 13.7. The van der Waals surface area contributed by atoms with Crippen LogP contribution in [0.15, 0.2) is 89.3 Å². The molecule has 1 unspecified atom stereocenters. The standard InChI is InChI=1S/C30H27F2N3S/c1-21-28-19-30(18-22-7-9-24(31)10-8-22)20-34(36-27-5-3-2-4-6-27)16-15-23(30)17-29(28)35(33-21)26-13-11-25(32)12-14-26/h2-14,17H,15-16,18-20H2,1H3. The molecule has 0 N–H and O–H groups in total. The van der Waals surface area contributed by atoms with E-state index in [0.717, 1.165) is 55.0 Å². The predicted molar refractivity (Wildman–Crippen MR) is 141 cm³/mol. The zero-order valence-corrected chi connectivity index (χ0v) is 20.9. The van der Waals surface area contributed by atoms with Crippen molar-refractivity contribution in [2.24, 2.45) is 5.41 Å². The molecule has 182 valence electrons. The summed E-state index contributed by atoms with van der Waals surface area (Å²) in [6.07, 6.45) is 4.97. The molecule has 1 aliphatic heterocycles. The monoisotopic (exact) mass is 499 g/mol. The topological polar surface area (TPSA) is 21.1 Å². The SMILES string of the molecule is Cc1nn(-c2ccc(F)cc2)c2c1CC1(Cc3ccc(F)cc3)CN(Sc3ccccc3)CCC1=C2. The molecule has 0 radical (unpaired) electrons. The van der Waals surface area contributed by atoms with Crippen molar-refractivity contribution >= 4 is 18.0 Å². The van der Waals surface area contributed by atoms with E-state index in [9.17, 15) is 8.78 Å². The Kier molecular flexibility index (Phi) is 6.02. The third-order valence-electron chi connectivity index (χ3n) is 7.35. The van der Waals surface area contributed by atoms with Crippen molar-refractivity contribution in [2.45, 2.75) is 31.1 Å². The summed E-state index contributed by atoms with van der Waals surface area (Å²) < 4.78 is 31.7. The van der Waals surface area contributed by atoms with Gasteiger partial charge in [0.05, 0.1) is 17.1 Å². The molecule has 0 amide bonds. The lowest BCUT2D eigenvalue weighted by Crippen LogP contribution is -2.46. The van der Waals surface area contributed by atoms with Crippen LogP contribution in [0.2, 0.25) is 0 Å². The van der Waals surface area contributed by atoms with Crippen LogP contribution < -0.4 is 0 Å². The van der Waals surface area contributed by atoms with Crippen molar-refractivity contribution in [1.82, 2.24) is 14.1 Å². The van der Waals surface area contributed by atoms with Gasteiger partial charge in [-0.15, -0.1) is 0 Å². The lowest BCUT2D eigenvalue weighted by molar-refractivity contribution is 0.221. The summed E-state index contributed by atoms with van der Waals surface area (Å²) in [6.45, 7) is 3.91. The summed E-state index contributed by atoms with van der Waals surface area (Å²) in [5.41, 5.74) is 6.63. The van der Waals surface area contributed by atoms with Gasteiger partial charge in [0.25, 0.3) is 0 Å². The van der Waals surface area contributed by atoms with Crippen LogP contribution in [-0.4, -0.2) is 27.2 Å². The van der Waals surface area contributed by atoms with Crippen LogP contribution in [0.4, 0.5) is 8.78 Å². The van der Waals surface area contributed by atoms with E-state index in [2.05, 4.69) is 41.6 Å². The van der Waals surface area contributed by atoms with Crippen molar-refractivity contribution < 1.29 is 8.78 Å². The number of aryl methyl sites for hydroxylation is 1. The van der Waals surface area contributed by atoms with Gasteiger partial charge in [-0.1, -0.05) is 35.9 Å². The zero-order chi connectivity index (χ0) is 24.7. The quantitative estimate of drug-likeness (QED) is 0.275. The molecule has 6 heteroatoms. The summed E-state index contributed by atoms with van der Waals surface area (Å²) in [6, 6.07) is 23.9. The Morgan fingerprint density at radius 3 is 2.33 bits per heavy atom. The number of nitrogens with zero attached hydrogens (tertiary/aromatic N) is 3. The molecule has 0 bridgehead atoms. The number of piperidine rings is 1. The Labute approximate surface area is 214 Å². The van der Waals surface area contributed by atoms with Crippen LogP contribution in [0.3, 0.4) is 0 Å². The summed E-state index contributed by atoms with van der Waals surface area (Å²) in [4.78, 5) is 1.23. The van der Waals surface area contributed by atoms with Crippen LogP contribution in [0.25, 0.3) is 11.8 Å². The molecule has 2 aliphatic rings. The molecule has 1 fully saturated rings. The Morgan fingerprint density at radius 1 is 0.917 bits per heavy atom. The van der Waals surface area contributed by atoms with Gasteiger partial charge < -0.3 is 0 Å². The Balaban J connectivity index is 1.39. The average molecular weight is 500 g/mol. The van der Waals surface area contributed by atoms with Crippen LogP contribution in [-0.2, 0) is 12.8 Å². The third-order valence-corrected chi connectivity index (χ3v) is 8.40. The number of fused-ring (bicyclic) bond motifs is 2. The molecule has 1 atom stereocenters. The van der Waals surface area contributed by atoms with Gasteiger partial charge in [0.1, 0.15) is 11.6 Å². The maximum Gasteiger partial charge on any atom is 0.123 e. The van der Waals surface area contributed by atoms with E-state index in [4.69, 9.17) is 5.10 Å². The molecule has 1 aliphatic carbocycles. The fraction of sp³-hybridized carbons (Fsp3) is 0.233. The van der Waals surface area contributed by atoms with E-state index in [1.165, 1.54) is 28.2 Å². The van der Waals surface area contributed by atoms with Crippen molar-refractivity contribution in [3.63, 3.8) is 0 Å². The minimum absolute atomic E-state index is 0.105. The minimum atomic E-state index is -0.253. The van der Waals surface area contributed by atoms with Crippen molar-refractivity contribution in [3.8, 4) is 5.69 Å². The Morgan fingerprint density at radius 2 is 1.61 bits per heavy atom. The molecule has 36 heavy (non-hydrogen) atoms. The van der Waals surface area contributed by atoms with Gasteiger partial charge in [0, 0.05) is 29.0 Å². The highest BCUT2D eigenvalue weighted by molar-refractivity contribution is 7.97. The van der Waals surface area contributed by atoms with Gasteiger partial charge in [0.2, 0.25) is 0 Å². The van der Waals surface area contributed by atoms with E-state index < -0.39 is 0 Å². The number of halogens is 2. The van der Waals surface area contributed by atoms with Crippen LogP contribution in [0.1, 0.15) is 28.9 Å². The number of rotatable bonds is 5. The number of hydrogen-bond donors (Lipinski definition) is 0. The molecular weight excluding hydrogens is 472 g/mol. The first-order valence-electron chi connectivity index (χ1n) is 12.3. The normalized spacial score (nSPS) is 19.5. The number of aromatic nitrogens is 2. The fourth-order valence-corrected chi connectivity index (χ4v) is 6.65. The zero-order valence-electron chi connectivity index (χ0n) is 20.1. The predicted octanol–water partition coefficient (Wildman–Crippen LogP) is 7.04. The molecule has 1 saturated heterocycles. The van der Waals surface area contributed by atoms with Crippen molar-refractivity contribution in [1.29, 1.82) is 0 Å². The molecule has 0 spiro atoms. The average Bonchev–Trinajstić information content (AvgIpc) is 3.20. The molecule has 4 aromatic rings. The third kappa shape index (κ3) is 4.40. The first-order chi connectivity index (χ1) is 17.5. The minimum Gasteiger partial charge on any atom is -0.245 e. The van der Waals surface area contributed by atoms with E-state index in [1.54, 1.807) is 24.3 Å². The first-order valence-corrected chi connectivity index (χ1v) is 13.0. The van der Waals surface area contributed by atoms with Crippen LogP contribution in [0, 0.1) is 24.0 Å². The molecule has 3 aromatic carbocycles. The second-order valence-corrected chi connectivity index (χ2v) is 11.0. The summed E-state index contributed by atoms with van der Waals surface area (Å²) >= 11 is 1.81. The first kappa shape index (κ1) is 23.2. The molecule has 6 rings (SSSR count). The molecule has 0 saturated carbocycles. The molecule has 3 nitrogen and oxygen atoms in total.